The van der Waals surface area contributed by atoms with Crippen molar-refractivity contribution in [2.45, 2.75) is 45.8 Å². The molecule has 0 bridgehead atoms. The number of aromatic nitrogens is 1. The first kappa shape index (κ1) is 24.7. The normalized spacial score (nSPS) is 11.9. The number of rotatable bonds is 12. The Morgan fingerprint density at radius 2 is 1.91 bits per heavy atom. The lowest BCUT2D eigenvalue weighted by Crippen LogP contribution is -2.27. The Morgan fingerprint density at radius 3 is 2.61 bits per heavy atom. The van der Waals surface area contributed by atoms with Crippen LogP contribution in [0.5, 0.6) is 11.5 Å². The molecule has 3 aromatic rings. The molecule has 0 aliphatic rings. The number of unbranched alkanes of at least 4 members (excludes halogenated alkanes) is 1. The van der Waals surface area contributed by atoms with Crippen LogP contribution in [0, 0.1) is 0 Å². The second kappa shape index (κ2) is 12.4. The van der Waals surface area contributed by atoms with E-state index in [4.69, 9.17) is 9.47 Å². The van der Waals surface area contributed by atoms with Crippen molar-refractivity contribution in [2.24, 2.45) is 0 Å². The molecule has 0 spiro atoms. The summed E-state index contributed by atoms with van der Waals surface area (Å²) < 4.78 is 11.0. The minimum Gasteiger partial charge on any atom is -0.497 e. The van der Waals surface area contributed by atoms with Crippen molar-refractivity contribution in [2.75, 3.05) is 20.8 Å². The lowest BCUT2D eigenvalue weighted by atomic mass is 10.1. The zero-order chi connectivity index (χ0) is 23.6. The Morgan fingerprint density at radius 1 is 1.12 bits per heavy atom. The molecule has 0 saturated carbocycles. The number of carbonyl (C=O) groups excluding carboxylic acids is 1. The van der Waals surface area contributed by atoms with Gasteiger partial charge in [-0.05, 0) is 25.0 Å². The number of methoxy groups -OCH3 is 2. The summed E-state index contributed by atoms with van der Waals surface area (Å²) in [4.78, 5) is 19.4. The van der Waals surface area contributed by atoms with Gasteiger partial charge in [-0.15, -0.1) is 11.3 Å². The molecule has 0 aliphatic heterocycles. The summed E-state index contributed by atoms with van der Waals surface area (Å²) in [6.07, 6.45) is 2.01. The van der Waals surface area contributed by atoms with E-state index in [9.17, 15) is 4.79 Å². The highest BCUT2D eigenvalue weighted by molar-refractivity contribution is 7.09. The summed E-state index contributed by atoms with van der Waals surface area (Å²) in [6, 6.07) is 16.4. The molecule has 0 saturated heterocycles. The van der Waals surface area contributed by atoms with Crippen LogP contribution in [-0.2, 0) is 13.1 Å². The molecular formula is C26H33N3O3S. The van der Waals surface area contributed by atoms with Crippen molar-refractivity contribution >= 4 is 17.2 Å². The first-order chi connectivity index (χ1) is 16.0. The van der Waals surface area contributed by atoms with Gasteiger partial charge >= 0.3 is 0 Å². The third kappa shape index (κ3) is 6.79. The molecule has 0 radical (unpaired) electrons. The van der Waals surface area contributed by atoms with Crippen molar-refractivity contribution in [1.29, 1.82) is 0 Å². The van der Waals surface area contributed by atoms with E-state index >= 15 is 0 Å². The molecule has 1 unspecified atom stereocenters. The lowest BCUT2D eigenvalue weighted by Gasteiger charge is -2.29. The van der Waals surface area contributed by atoms with Crippen LogP contribution in [0.2, 0.25) is 0 Å². The molecule has 2 aromatic carbocycles. The van der Waals surface area contributed by atoms with Gasteiger partial charge in [0, 0.05) is 36.1 Å². The predicted octanol–water partition coefficient (Wildman–Crippen LogP) is 5.45. The maximum Gasteiger partial charge on any atom is 0.270 e. The van der Waals surface area contributed by atoms with Gasteiger partial charge in [-0.3, -0.25) is 9.69 Å². The van der Waals surface area contributed by atoms with Gasteiger partial charge in [0.1, 0.15) is 22.2 Å². The van der Waals surface area contributed by atoms with Crippen LogP contribution in [0.3, 0.4) is 0 Å². The third-order valence-electron chi connectivity index (χ3n) is 5.64. The van der Waals surface area contributed by atoms with Gasteiger partial charge in [-0.2, -0.15) is 0 Å². The highest BCUT2D eigenvalue weighted by Gasteiger charge is 2.21. The summed E-state index contributed by atoms with van der Waals surface area (Å²) in [5.74, 6) is 1.44. The summed E-state index contributed by atoms with van der Waals surface area (Å²) in [5.41, 5.74) is 2.77. The molecule has 0 aliphatic carbocycles. The minimum atomic E-state index is -0.106. The van der Waals surface area contributed by atoms with Gasteiger partial charge < -0.3 is 14.8 Å². The molecule has 7 heteroatoms. The quantitative estimate of drug-likeness (QED) is 0.359. The Labute approximate surface area is 200 Å². The van der Waals surface area contributed by atoms with E-state index in [0.717, 1.165) is 34.9 Å². The molecule has 1 amide bonds. The molecule has 33 heavy (non-hydrogen) atoms. The number of hydrogen-bond donors (Lipinski definition) is 1. The zero-order valence-electron chi connectivity index (χ0n) is 19.8. The van der Waals surface area contributed by atoms with Crippen molar-refractivity contribution in [3.63, 3.8) is 0 Å². The molecule has 1 N–H and O–H groups in total. The number of carbonyl (C=O) groups is 1. The number of nitrogens with zero attached hydrogens (tertiary/aromatic N) is 2. The van der Waals surface area contributed by atoms with Crippen molar-refractivity contribution in [3.8, 4) is 11.5 Å². The van der Waals surface area contributed by atoms with Crippen molar-refractivity contribution in [3.05, 3.63) is 75.7 Å². The molecule has 1 atom stereocenters. The standard InChI is InChI=1S/C26H33N3O3S/c1-5-6-14-27-26(30)23-18-33-25(28-23)17-29(19(2)20-10-8-7-9-11-20)16-21-12-13-22(31-3)15-24(21)32-4/h7-13,15,18-19H,5-6,14,16-17H2,1-4H3,(H,27,30). The van der Waals surface area contributed by atoms with E-state index < -0.39 is 0 Å². The van der Waals surface area contributed by atoms with E-state index in [-0.39, 0.29) is 11.9 Å². The summed E-state index contributed by atoms with van der Waals surface area (Å²) in [5, 5.41) is 5.70. The number of benzene rings is 2. The Hall–Kier alpha value is -2.90. The zero-order valence-corrected chi connectivity index (χ0v) is 20.7. The molecular weight excluding hydrogens is 434 g/mol. The Balaban J connectivity index is 1.82. The van der Waals surface area contributed by atoms with Gasteiger partial charge in [-0.25, -0.2) is 4.98 Å². The summed E-state index contributed by atoms with van der Waals surface area (Å²) >= 11 is 1.52. The largest absolute Gasteiger partial charge is 0.497 e. The van der Waals surface area contributed by atoms with E-state index in [1.165, 1.54) is 16.9 Å². The van der Waals surface area contributed by atoms with Crippen LogP contribution in [0.1, 0.15) is 59.4 Å². The molecule has 0 fully saturated rings. The molecule has 6 nitrogen and oxygen atoms in total. The van der Waals surface area contributed by atoms with Gasteiger partial charge in [0.25, 0.3) is 5.91 Å². The van der Waals surface area contributed by atoms with Gasteiger partial charge in [0.2, 0.25) is 0 Å². The fourth-order valence-corrected chi connectivity index (χ4v) is 4.40. The number of nitrogens with one attached hydrogen (secondary N) is 1. The maximum atomic E-state index is 12.4. The second-order valence-electron chi connectivity index (χ2n) is 7.91. The monoisotopic (exact) mass is 467 g/mol. The molecule has 3 rings (SSSR count). The minimum absolute atomic E-state index is 0.106. The van der Waals surface area contributed by atoms with Gasteiger partial charge in [0.15, 0.2) is 0 Å². The summed E-state index contributed by atoms with van der Waals surface area (Å²) in [6.45, 7) is 6.26. The maximum absolute atomic E-state index is 12.4. The lowest BCUT2D eigenvalue weighted by molar-refractivity contribution is 0.0948. The van der Waals surface area contributed by atoms with E-state index in [1.807, 2.05) is 29.6 Å². The first-order valence-electron chi connectivity index (χ1n) is 11.3. The molecule has 1 aromatic heterocycles. The van der Waals surface area contributed by atoms with E-state index in [0.29, 0.717) is 25.3 Å². The van der Waals surface area contributed by atoms with Crippen LogP contribution in [-0.4, -0.2) is 36.6 Å². The van der Waals surface area contributed by atoms with Crippen molar-refractivity contribution in [1.82, 2.24) is 15.2 Å². The number of ether oxygens (including phenoxy) is 2. The topological polar surface area (TPSA) is 63.7 Å². The van der Waals surface area contributed by atoms with E-state index in [2.05, 4.69) is 53.3 Å². The number of thiazole rings is 1. The van der Waals surface area contributed by atoms with E-state index in [1.54, 1.807) is 14.2 Å². The fraction of sp³-hybridized carbons (Fsp3) is 0.385. The average Bonchev–Trinajstić information content (AvgIpc) is 3.32. The number of amides is 1. The van der Waals surface area contributed by atoms with Crippen LogP contribution in [0.4, 0.5) is 0 Å². The second-order valence-corrected chi connectivity index (χ2v) is 8.85. The van der Waals surface area contributed by atoms with Crippen LogP contribution in [0.15, 0.2) is 53.9 Å². The molecule has 176 valence electrons. The van der Waals surface area contributed by atoms with Gasteiger partial charge in [0.05, 0.1) is 20.8 Å². The fourth-order valence-electron chi connectivity index (χ4n) is 3.60. The third-order valence-corrected chi connectivity index (χ3v) is 6.47. The highest BCUT2D eigenvalue weighted by Crippen LogP contribution is 2.30. The smallest absolute Gasteiger partial charge is 0.270 e. The van der Waals surface area contributed by atoms with Crippen LogP contribution < -0.4 is 14.8 Å². The van der Waals surface area contributed by atoms with Crippen LogP contribution >= 0.6 is 11.3 Å². The first-order valence-corrected chi connectivity index (χ1v) is 12.2. The SMILES string of the molecule is CCCCNC(=O)c1csc(CN(Cc2ccc(OC)cc2OC)C(C)c2ccccc2)n1. The Kier molecular flexibility index (Phi) is 9.27. The van der Waals surface area contributed by atoms with Gasteiger partial charge in [-0.1, -0.05) is 49.7 Å². The molecule has 1 heterocycles. The highest BCUT2D eigenvalue weighted by atomic mass is 32.1. The Bertz CT molecular complexity index is 1020. The van der Waals surface area contributed by atoms with Crippen molar-refractivity contribution < 1.29 is 14.3 Å². The number of hydrogen-bond acceptors (Lipinski definition) is 6. The average molecular weight is 468 g/mol. The predicted molar refractivity (Wildman–Crippen MR) is 133 cm³/mol. The summed E-state index contributed by atoms with van der Waals surface area (Å²) in [7, 11) is 3.32. The van der Waals surface area contributed by atoms with Crippen LogP contribution in [0.25, 0.3) is 0 Å².